The maximum Gasteiger partial charge on any atom is 0.178 e. The molecular weight excluding hydrogens is 332 g/mol. The van der Waals surface area contributed by atoms with Crippen molar-refractivity contribution in [3.8, 4) is 0 Å². The lowest BCUT2D eigenvalue weighted by Crippen LogP contribution is -2.08. The molecule has 0 spiro atoms. The van der Waals surface area contributed by atoms with Crippen LogP contribution in [0.4, 0.5) is 5.82 Å². The lowest BCUT2D eigenvalue weighted by Gasteiger charge is -2.15. The van der Waals surface area contributed by atoms with Crippen molar-refractivity contribution in [2.75, 3.05) is 5.32 Å². The van der Waals surface area contributed by atoms with Gasteiger partial charge >= 0.3 is 0 Å². The van der Waals surface area contributed by atoms with Crippen LogP contribution in [0, 0.1) is 4.77 Å². The number of aromatic amines is 1. The van der Waals surface area contributed by atoms with Gasteiger partial charge in [0.25, 0.3) is 0 Å². The van der Waals surface area contributed by atoms with Crippen molar-refractivity contribution in [3.05, 3.63) is 53.3 Å². The Labute approximate surface area is 150 Å². The number of fused-ring (bicyclic) bond motifs is 2. The summed E-state index contributed by atoms with van der Waals surface area (Å²) in [5.41, 5.74) is 4.04. The van der Waals surface area contributed by atoms with Gasteiger partial charge in [-0.25, -0.2) is 9.97 Å². The molecule has 0 bridgehead atoms. The summed E-state index contributed by atoms with van der Waals surface area (Å²) in [6.07, 6.45) is 5.22. The maximum atomic E-state index is 5.41. The van der Waals surface area contributed by atoms with E-state index in [-0.39, 0.29) is 6.04 Å². The molecule has 1 atom stereocenters. The van der Waals surface area contributed by atoms with E-state index in [2.05, 4.69) is 55.8 Å². The quantitative estimate of drug-likeness (QED) is 0.539. The Morgan fingerprint density at radius 1 is 1.32 bits per heavy atom. The van der Waals surface area contributed by atoms with Gasteiger partial charge in [-0.3, -0.25) is 4.98 Å². The number of H-pyrrole nitrogens is 1. The van der Waals surface area contributed by atoms with Crippen molar-refractivity contribution in [2.45, 2.75) is 26.4 Å². The fourth-order valence-corrected chi connectivity index (χ4v) is 3.39. The first-order valence-corrected chi connectivity index (χ1v) is 8.62. The molecule has 6 nitrogen and oxygen atoms in total. The van der Waals surface area contributed by atoms with Crippen molar-refractivity contribution in [1.29, 1.82) is 0 Å². The van der Waals surface area contributed by atoms with E-state index in [1.54, 1.807) is 12.5 Å². The number of benzene rings is 1. The molecule has 126 valence electrons. The normalized spacial score (nSPS) is 12.6. The van der Waals surface area contributed by atoms with Crippen LogP contribution in [0.1, 0.15) is 25.5 Å². The van der Waals surface area contributed by atoms with Gasteiger partial charge in [-0.2, -0.15) is 0 Å². The second kappa shape index (κ2) is 6.25. The molecule has 4 rings (SSSR count). The maximum absolute atomic E-state index is 5.41. The van der Waals surface area contributed by atoms with Crippen LogP contribution >= 0.6 is 12.2 Å². The first-order valence-electron chi connectivity index (χ1n) is 8.21. The zero-order chi connectivity index (χ0) is 17.4. The van der Waals surface area contributed by atoms with E-state index < -0.39 is 0 Å². The second-order valence-electron chi connectivity index (χ2n) is 5.94. The molecule has 1 aromatic carbocycles. The Bertz CT molecular complexity index is 1100. The molecule has 0 aliphatic rings. The molecule has 0 aliphatic heterocycles. The largest absolute Gasteiger partial charge is 0.363 e. The third kappa shape index (κ3) is 2.76. The lowest BCUT2D eigenvalue weighted by molar-refractivity contribution is 0.774. The van der Waals surface area contributed by atoms with Crippen LogP contribution in [0.25, 0.3) is 21.9 Å². The van der Waals surface area contributed by atoms with Crippen molar-refractivity contribution in [1.82, 2.24) is 24.5 Å². The highest BCUT2D eigenvalue weighted by molar-refractivity contribution is 7.71. The molecule has 4 aromatic rings. The van der Waals surface area contributed by atoms with E-state index in [9.17, 15) is 0 Å². The van der Waals surface area contributed by atoms with Gasteiger partial charge in [-0.1, -0.05) is 6.07 Å². The average molecular weight is 350 g/mol. The van der Waals surface area contributed by atoms with Gasteiger partial charge in [0.2, 0.25) is 0 Å². The molecule has 25 heavy (non-hydrogen) atoms. The van der Waals surface area contributed by atoms with Crippen LogP contribution in [-0.2, 0) is 6.54 Å². The molecule has 7 heteroatoms. The molecule has 0 radical (unpaired) electrons. The monoisotopic (exact) mass is 350 g/mol. The van der Waals surface area contributed by atoms with Crippen LogP contribution in [0.3, 0.4) is 0 Å². The topological polar surface area (TPSA) is 71.4 Å². The molecule has 3 heterocycles. The Morgan fingerprint density at radius 3 is 2.96 bits per heavy atom. The van der Waals surface area contributed by atoms with E-state index >= 15 is 0 Å². The smallest absolute Gasteiger partial charge is 0.178 e. The lowest BCUT2D eigenvalue weighted by atomic mass is 10.1. The van der Waals surface area contributed by atoms with Gasteiger partial charge < -0.3 is 14.9 Å². The number of hydrogen-bond acceptors (Lipinski definition) is 5. The zero-order valence-electron chi connectivity index (χ0n) is 14.0. The Morgan fingerprint density at radius 2 is 2.20 bits per heavy atom. The number of aryl methyl sites for hydroxylation is 1. The van der Waals surface area contributed by atoms with Crippen LogP contribution < -0.4 is 5.32 Å². The fourth-order valence-electron chi connectivity index (χ4n) is 3.06. The molecule has 0 saturated heterocycles. The highest BCUT2D eigenvalue weighted by Crippen LogP contribution is 2.27. The van der Waals surface area contributed by atoms with Gasteiger partial charge in [-0.05, 0) is 49.8 Å². The third-order valence-electron chi connectivity index (χ3n) is 4.38. The summed E-state index contributed by atoms with van der Waals surface area (Å²) in [4.78, 5) is 16.3. The molecule has 0 saturated carbocycles. The average Bonchev–Trinajstić information content (AvgIpc) is 2.95. The molecule has 0 amide bonds. The standard InChI is InChI=1S/C18H18N6S/c1-3-24-16-8-14-13(7-15(16)23-18(24)25)17(21-10-20-14)22-11(2)12-5-4-6-19-9-12/h4-11H,3H2,1-2H3,(H,23,25)(H,20,21,22). The molecule has 1 unspecified atom stereocenters. The van der Waals surface area contributed by atoms with Crippen LogP contribution in [0.15, 0.2) is 43.0 Å². The Kier molecular flexibility index (Phi) is 3.93. The Balaban J connectivity index is 1.82. The van der Waals surface area contributed by atoms with Gasteiger partial charge in [0.05, 0.1) is 22.6 Å². The highest BCUT2D eigenvalue weighted by atomic mass is 32.1. The van der Waals surface area contributed by atoms with Crippen LogP contribution in [0.5, 0.6) is 0 Å². The highest BCUT2D eigenvalue weighted by Gasteiger charge is 2.12. The van der Waals surface area contributed by atoms with Crippen LogP contribution in [-0.4, -0.2) is 24.5 Å². The van der Waals surface area contributed by atoms with Crippen molar-refractivity contribution >= 4 is 40.0 Å². The SMILES string of the molecule is CCn1c(=S)[nH]c2cc3c(NC(C)c4cccnc4)ncnc3cc21. The minimum absolute atomic E-state index is 0.0845. The minimum atomic E-state index is 0.0845. The van der Waals surface area contributed by atoms with Gasteiger partial charge in [0, 0.05) is 24.3 Å². The summed E-state index contributed by atoms with van der Waals surface area (Å²) in [6.45, 7) is 4.99. The Hall–Kier alpha value is -2.80. The van der Waals surface area contributed by atoms with E-state index in [1.807, 2.05) is 18.3 Å². The summed E-state index contributed by atoms with van der Waals surface area (Å²) < 4.78 is 2.79. The van der Waals surface area contributed by atoms with Crippen molar-refractivity contribution in [2.24, 2.45) is 0 Å². The first kappa shape index (κ1) is 15.7. The van der Waals surface area contributed by atoms with Crippen LogP contribution in [0.2, 0.25) is 0 Å². The van der Waals surface area contributed by atoms with Gasteiger partial charge in [0.15, 0.2) is 4.77 Å². The van der Waals surface area contributed by atoms with E-state index in [0.717, 1.165) is 44.6 Å². The third-order valence-corrected chi connectivity index (χ3v) is 4.71. The predicted octanol–water partition coefficient (Wildman–Crippen LogP) is 4.23. The number of hydrogen-bond donors (Lipinski definition) is 2. The predicted molar refractivity (Wildman–Crippen MR) is 102 cm³/mol. The molecule has 2 N–H and O–H groups in total. The summed E-state index contributed by atoms with van der Waals surface area (Å²) in [5.74, 6) is 0.798. The second-order valence-corrected chi connectivity index (χ2v) is 6.32. The number of pyridine rings is 1. The zero-order valence-corrected chi connectivity index (χ0v) is 14.8. The van der Waals surface area contributed by atoms with Gasteiger partial charge in [-0.15, -0.1) is 0 Å². The van der Waals surface area contributed by atoms with E-state index in [1.165, 1.54) is 0 Å². The summed E-state index contributed by atoms with van der Waals surface area (Å²) >= 11 is 5.41. The minimum Gasteiger partial charge on any atom is -0.363 e. The summed E-state index contributed by atoms with van der Waals surface area (Å²) in [6, 6.07) is 8.18. The van der Waals surface area contributed by atoms with Crippen molar-refractivity contribution in [3.63, 3.8) is 0 Å². The molecule has 0 aliphatic carbocycles. The van der Waals surface area contributed by atoms with E-state index in [4.69, 9.17) is 12.2 Å². The number of nitrogens with one attached hydrogen (secondary N) is 2. The fraction of sp³-hybridized carbons (Fsp3) is 0.222. The first-order chi connectivity index (χ1) is 12.2. The number of anilines is 1. The summed E-state index contributed by atoms with van der Waals surface area (Å²) in [5, 5.41) is 4.43. The number of nitrogens with zero attached hydrogens (tertiary/aromatic N) is 4. The van der Waals surface area contributed by atoms with Crippen molar-refractivity contribution < 1.29 is 0 Å². The number of imidazole rings is 1. The van der Waals surface area contributed by atoms with E-state index in [0.29, 0.717) is 0 Å². The summed E-state index contributed by atoms with van der Waals surface area (Å²) in [7, 11) is 0. The molecule has 0 fully saturated rings. The van der Waals surface area contributed by atoms with Gasteiger partial charge in [0.1, 0.15) is 12.1 Å². The number of rotatable bonds is 4. The molecule has 3 aromatic heterocycles. The molecular formula is C18H18N6S. The number of aromatic nitrogens is 5.